The molecule has 13 heteroatoms. The lowest BCUT2D eigenvalue weighted by Crippen LogP contribution is -2.51. The first-order valence-electron chi connectivity index (χ1n) is 9.13. The van der Waals surface area contributed by atoms with Crippen LogP contribution in [0, 0.1) is 0 Å². The van der Waals surface area contributed by atoms with Crippen molar-refractivity contribution in [1.82, 2.24) is 15.0 Å². The summed E-state index contributed by atoms with van der Waals surface area (Å²) in [5.74, 6) is -0.0285. The van der Waals surface area contributed by atoms with E-state index in [2.05, 4.69) is 15.0 Å². The number of rotatable bonds is 6. The van der Waals surface area contributed by atoms with E-state index in [-0.39, 0.29) is 37.4 Å². The first-order valence-corrected chi connectivity index (χ1v) is 9.13. The third-order valence-electron chi connectivity index (χ3n) is 4.28. The lowest BCUT2D eigenvalue weighted by Gasteiger charge is -2.34. The highest BCUT2D eigenvalue weighted by molar-refractivity contribution is 5.97. The number of halogens is 3. The van der Waals surface area contributed by atoms with E-state index in [1.54, 1.807) is 19.1 Å². The molecule has 1 atom stereocenters. The van der Waals surface area contributed by atoms with Gasteiger partial charge in [0.25, 0.3) is 0 Å². The summed E-state index contributed by atoms with van der Waals surface area (Å²) >= 11 is 0. The van der Waals surface area contributed by atoms with E-state index in [9.17, 15) is 22.8 Å². The zero-order valence-electron chi connectivity index (χ0n) is 16.4. The molecule has 0 bridgehead atoms. The topological polar surface area (TPSA) is 124 Å². The summed E-state index contributed by atoms with van der Waals surface area (Å²) in [5, 5.41) is 0. The molecule has 1 aliphatic rings. The van der Waals surface area contributed by atoms with Gasteiger partial charge in [0.2, 0.25) is 17.7 Å². The molecular formula is C18H19F3N6O4. The molecule has 10 nitrogen and oxygen atoms in total. The molecule has 2 aromatic heterocycles. The van der Waals surface area contributed by atoms with Crippen molar-refractivity contribution in [3.05, 3.63) is 36.3 Å². The summed E-state index contributed by atoms with van der Waals surface area (Å²) in [6.45, 7) is 2.09. The number of primary amides is 1. The van der Waals surface area contributed by atoms with Crippen molar-refractivity contribution in [2.45, 2.75) is 19.2 Å². The third-order valence-corrected chi connectivity index (χ3v) is 4.28. The number of anilines is 2. The van der Waals surface area contributed by atoms with Crippen molar-refractivity contribution in [3.63, 3.8) is 0 Å². The number of nitrogens with two attached hydrogens (primary N) is 1. The fourth-order valence-electron chi connectivity index (χ4n) is 2.83. The smallest absolute Gasteiger partial charge is 0.419 e. The fraction of sp³-hybridized carbons (Fsp3) is 0.389. The van der Waals surface area contributed by atoms with Gasteiger partial charge in [0.15, 0.2) is 0 Å². The maximum Gasteiger partial charge on any atom is 0.419 e. The number of carbonyl (C=O) groups excluding carboxylic acids is 2. The van der Waals surface area contributed by atoms with E-state index in [1.165, 1.54) is 16.0 Å². The molecule has 1 unspecified atom stereocenters. The molecule has 1 saturated heterocycles. The first-order chi connectivity index (χ1) is 14.6. The van der Waals surface area contributed by atoms with E-state index in [1.807, 2.05) is 0 Å². The average molecular weight is 440 g/mol. The number of pyridine rings is 1. The van der Waals surface area contributed by atoms with Crippen molar-refractivity contribution in [2.75, 3.05) is 36.0 Å². The first kappa shape index (κ1) is 22.1. The Hall–Kier alpha value is -3.64. The number of hydrogen-bond donors (Lipinski definition) is 1. The van der Waals surface area contributed by atoms with Gasteiger partial charge in [-0.1, -0.05) is 0 Å². The Bertz CT molecular complexity index is 941. The van der Waals surface area contributed by atoms with Crippen molar-refractivity contribution >= 4 is 23.6 Å². The van der Waals surface area contributed by atoms with Crippen LogP contribution < -0.4 is 20.3 Å². The van der Waals surface area contributed by atoms with Crippen molar-refractivity contribution in [3.8, 4) is 5.88 Å². The van der Waals surface area contributed by atoms with Gasteiger partial charge in [-0.3, -0.25) is 4.79 Å². The van der Waals surface area contributed by atoms with Gasteiger partial charge >= 0.3 is 12.3 Å². The van der Waals surface area contributed by atoms with E-state index in [4.69, 9.17) is 15.2 Å². The predicted octanol–water partition coefficient (Wildman–Crippen LogP) is 1.61. The minimum absolute atomic E-state index is 0.0202. The Morgan fingerprint density at radius 1 is 1.26 bits per heavy atom. The quantitative estimate of drug-likeness (QED) is 0.719. The summed E-state index contributed by atoms with van der Waals surface area (Å²) in [6, 6.07) is 3.18. The number of alkyl halides is 3. The van der Waals surface area contributed by atoms with Crippen LogP contribution in [-0.2, 0) is 15.7 Å². The average Bonchev–Trinajstić information content (AvgIpc) is 2.71. The second-order valence-electron chi connectivity index (χ2n) is 6.65. The summed E-state index contributed by atoms with van der Waals surface area (Å²) < 4.78 is 48.2. The minimum Gasteiger partial charge on any atom is -0.474 e. The highest BCUT2D eigenvalue weighted by Crippen LogP contribution is 2.29. The SMILES string of the molecule is CC(COc1cc(N2CCN(c3ncc(C(F)(F)F)cn3)CC2=O)ccn1)OC(N)=O. The van der Waals surface area contributed by atoms with Crippen molar-refractivity contribution < 1.29 is 32.2 Å². The van der Waals surface area contributed by atoms with Crippen LogP contribution >= 0.6 is 0 Å². The number of carbonyl (C=O) groups is 2. The predicted molar refractivity (Wildman–Crippen MR) is 101 cm³/mol. The molecule has 2 aromatic rings. The van der Waals surface area contributed by atoms with E-state index < -0.39 is 23.9 Å². The molecule has 0 saturated carbocycles. The summed E-state index contributed by atoms with van der Waals surface area (Å²) in [7, 11) is 0. The van der Waals surface area contributed by atoms with Gasteiger partial charge in [-0.15, -0.1) is 0 Å². The molecule has 1 fully saturated rings. The zero-order valence-corrected chi connectivity index (χ0v) is 16.4. The molecule has 31 heavy (non-hydrogen) atoms. The van der Waals surface area contributed by atoms with Crippen LogP contribution in [0.15, 0.2) is 30.7 Å². The van der Waals surface area contributed by atoms with Crippen LogP contribution in [0.25, 0.3) is 0 Å². The summed E-state index contributed by atoms with van der Waals surface area (Å²) in [5.41, 5.74) is 4.52. The second kappa shape index (κ2) is 9.02. The standard InChI is InChI=1S/C18H19F3N6O4/c1-11(31-16(22)29)10-30-14-6-13(2-3-23-14)27-5-4-26(9-15(27)28)17-24-7-12(8-25-17)18(19,20)21/h2-3,6-8,11H,4-5,9-10H2,1H3,(H2,22,29). The Morgan fingerprint density at radius 3 is 2.58 bits per heavy atom. The third kappa shape index (κ3) is 5.71. The van der Waals surface area contributed by atoms with Gasteiger partial charge in [-0.05, 0) is 13.0 Å². The Labute approximate surface area is 174 Å². The van der Waals surface area contributed by atoms with Crippen LogP contribution in [0.1, 0.15) is 12.5 Å². The monoisotopic (exact) mass is 440 g/mol. The molecule has 2 N–H and O–H groups in total. The molecule has 3 rings (SSSR count). The Kier molecular flexibility index (Phi) is 6.42. The van der Waals surface area contributed by atoms with Crippen LogP contribution in [0.5, 0.6) is 5.88 Å². The maximum absolute atomic E-state index is 12.7. The maximum atomic E-state index is 12.7. The highest BCUT2D eigenvalue weighted by atomic mass is 19.4. The van der Waals surface area contributed by atoms with Crippen LogP contribution in [0.2, 0.25) is 0 Å². The number of aromatic nitrogens is 3. The molecule has 3 heterocycles. The van der Waals surface area contributed by atoms with Crippen molar-refractivity contribution in [2.24, 2.45) is 5.73 Å². The number of nitrogens with zero attached hydrogens (tertiary/aromatic N) is 5. The molecule has 2 amide bonds. The lowest BCUT2D eigenvalue weighted by atomic mass is 10.2. The fourth-order valence-corrected chi connectivity index (χ4v) is 2.83. The van der Waals surface area contributed by atoms with E-state index in [0.29, 0.717) is 24.6 Å². The van der Waals surface area contributed by atoms with Gasteiger partial charge < -0.3 is 25.0 Å². The summed E-state index contributed by atoms with van der Waals surface area (Å²) in [6.07, 6.45) is -3.19. The van der Waals surface area contributed by atoms with E-state index >= 15 is 0 Å². The molecule has 1 aliphatic heterocycles. The molecule has 0 radical (unpaired) electrons. The number of hydrogen-bond acceptors (Lipinski definition) is 8. The number of piperazine rings is 1. The molecule has 0 spiro atoms. The van der Waals surface area contributed by atoms with Crippen LogP contribution in [0.4, 0.5) is 29.6 Å². The van der Waals surface area contributed by atoms with Gasteiger partial charge in [0.1, 0.15) is 19.3 Å². The molecular weight excluding hydrogens is 421 g/mol. The van der Waals surface area contributed by atoms with Gasteiger partial charge in [-0.2, -0.15) is 13.2 Å². The number of ether oxygens (including phenoxy) is 2. The van der Waals surface area contributed by atoms with Crippen LogP contribution in [-0.4, -0.2) is 59.3 Å². The lowest BCUT2D eigenvalue weighted by molar-refractivity contribution is -0.138. The number of amides is 2. The molecule has 166 valence electrons. The summed E-state index contributed by atoms with van der Waals surface area (Å²) in [4.78, 5) is 37.8. The Morgan fingerprint density at radius 2 is 1.97 bits per heavy atom. The normalized spacial score (nSPS) is 15.5. The minimum atomic E-state index is -4.53. The largest absolute Gasteiger partial charge is 0.474 e. The van der Waals surface area contributed by atoms with Crippen molar-refractivity contribution in [1.29, 1.82) is 0 Å². The van der Waals surface area contributed by atoms with Gasteiger partial charge in [-0.25, -0.2) is 19.7 Å². The highest BCUT2D eigenvalue weighted by Gasteiger charge is 2.32. The van der Waals surface area contributed by atoms with Crippen LogP contribution in [0.3, 0.4) is 0 Å². The Balaban J connectivity index is 1.62. The van der Waals surface area contributed by atoms with Gasteiger partial charge in [0.05, 0.1) is 11.3 Å². The van der Waals surface area contributed by atoms with E-state index in [0.717, 1.165) is 0 Å². The second-order valence-corrected chi connectivity index (χ2v) is 6.65. The zero-order chi connectivity index (χ0) is 22.6. The van der Waals surface area contributed by atoms with Gasteiger partial charge in [0, 0.05) is 37.7 Å². The molecule has 0 aromatic carbocycles. The molecule has 0 aliphatic carbocycles.